The number of amides is 1. The number of ether oxygens (including phenoxy) is 4. The Morgan fingerprint density at radius 1 is 1.00 bits per heavy atom. The summed E-state index contributed by atoms with van der Waals surface area (Å²) in [5, 5.41) is 0. The number of hydrogen-bond donors (Lipinski definition) is 0. The molecule has 5 rings (SSSR count). The van der Waals surface area contributed by atoms with E-state index in [1.165, 1.54) is 0 Å². The minimum absolute atomic E-state index is 0.00138. The molecule has 1 amide bonds. The number of hydrogen-bond acceptors (Lipinski definition) is 6. The fourth-order valence-electron chi connectivity index (χ4n) is 4.46. The van der Waals surface area contributed by atoms with Gasteiger partial charge in [-0.2, -0.15) is 0 Å². The number of nitrogens with zero attached hydrogens (tertiary/aromatic N) is 2. The van der Waals surface area contributed by atoms with Crippen LogP contribution in [0, 0.1) is 0 Å². The van der Waals surface area contributed by atoms with Crippen LogP contribution in [0.2, 0.25) is 0 Å². The van der Waals surface area contributed by atoms with Crippen LogP contribution in [0.4, 0.5) is 0 Å². The first-order valence-corrected chi connectivity index (χ1v) is 11.7. The van der Waals surface area contributed by atoms with Gasteiger partial charge in [0.05, 0.1) is 12.6 Å². The topological polar surface area (TPSA) is 70.1 Å². The fourth-order valence-corrected chi connectivity index (χ4v) is 4.46. The third-order valence-corrected chi connectivity index (χ3v) is 6.10. The summed E-state index contributed by atoms with van der Waals surface area (Å²) < 4.78 is 23.2. The third-order valence-electron chi connectivity index (χ3n) is 6.10. The molecule has 0 unspecified atom stereocenters. The average molecular weight is 461 g/mol. The number of rotatable bonds is 7. The van der Waals surface area contributed by atoms with Gasteiger partial charge in [-0.05, 0) is 73.4 Å². The van der Waals surface area contributed by atoms with E-state index in [0.29, 0.717) is 50.0 Å². The Morgan fingerprint density at radius 2 is 1.82 bits per heavy atom. The molecule has 0 N–H and O–H groups in total. The lowest BCUT2D eigenvalue weighted by Gasteiger charge is -2.27. The molecule has 0 bridgehead atoms. The second kappa shape index (κ2) is 10.0. The summed E-state index contributed by atoms with van der Waals surface area (Å²) in [6.45, 7) is 4.60. The van der Waals surface area contributed by atoms with Gasteiger partial charge >= 0.3 is 0 Å². The van der Waals surface area contributed by atoms with Crippen LogP contribution in [0.3, 0.4) is 0 Å². The normalized spacial score (nSPS) is 16.9. The highest BCUT2D eigenvalue weighted by atomic mass is 16.6. The van der Waals surface area contributed by atoms with Gasteiger partial charge in [-0.3, -0.25) is 9.78 Å². The highest BCUT2D eigenvalue weighted by Crippen LogP contribution is 2.39. The van der Waals surface area contributed by atoms with E-state index in [1.807, 2.05) is 54.3 Å². The molecular formula is C27H28N2O5. The first-order chi connectivity index (χ1) is 16.7. The Labute approximate surface area is 199 Å². The van der Waals surface area contributed by atoms with Crippen molar-refractivity contribution in [1.29, 1.82) is 0 Å². The summed E-state index contributed by atoms with van der Waals surface area (Å²) in [4.78, 5) is 19.5. The fraction of sp³-hybridized carbons (Fsp3) is 0.333. The van der Waals surface area contributed by atoms with Crippen LogP contribution < -0.4 is 18.9 Å². The molecule has 0 spiro atoms. The quantitative estimate of drug-likeness (QED) is 0.504. The summed E-state index contributed by atoms with van der Waals surface area (Å²) in [7, 11) is 0. The number of carbonyl (C=O) groups excluding carboxylic acids is 1. The zero-order valence-corrected chi connectivity index (χ0v) is 19.2. The predicted octanol–water partition coefficient (Wildman–Crippen LogP) is 4.81. The second-order valence-corrected chi connectivity index (χ2v) is 8.30. The maximum atomic E-state index is 13.5. The number of aromatic nitrogens is 1. The Balaban J connectivity index is 1.35. The van der Waals surface area contributed by atoms with Crippen LogP contribution in [0.1, 0.15) is 47.3 Å². The van der Waals surface area contributed by atoms with Crippen molar-refractivity contribution >= 4 is 5.91 Å². The van der Waals surface area contributed by atoms with Gasteiger partial charge < -0.3 is 23.8 Å². The first kappa shape index (κ1) is 22.1. The molecular weight excluding hydrogens is 432 g/mol. The molecule has 7 heteroatoms. The van der Waals surface area contributed by atoms with E-state index in [4.69, 9.17) is 18.9 Å². The molecule has 34 heavy (non-hydrogen) atoms. The van der Waals surface area contributed by atoms with E-state index in [2.05, 4.69) is 4.98 Å². The number of likely N-dealkylation sites (tertiary alicyclic amines) is 1. The highest BCUT2D eigenvalue weighted by molar-refractivity contribution is 5.95. The molecule has 2 aliphatic heterocycles. The molecule has 2 aliphatic rings. The van der Waals surface area contributed by atoms with Gasteiger partial charge in [-0.1, -0.05) is 6.07 Å². The molecule has 176 valence electrons. The van der Waals surface area contributed by atoms with Gasteiger partial charge in [-0.15, -0.1) is 0 Å². The zero-order chi connectivity index (χ0) is 23.3. The molecule has 0 saturated carbocycles. The van der Waals surface area contributed by atoms with Gasteiger partial charge in [-0.25, -0.2) is 0 Å². The summed E-state index contributed by atoms with van der Waals surface area (Å²) in [5.74, 6) is 2.67. The molecule has 1 atom stereocenters. The number of carbonyl (C=O) groups is 1. The standard InChI is InChI=1S/C27H28N2O5/c1-2-31-25-17-21(6-8-24(25)34-18-19-9-11-28-12-10-19)27(30)29-13-3-4-22(29)20-5-7-23-26(16-20)33-15-14-32-23/h5-12,16-17,22H,2-4,13-15,18H2,1H3/t22-/m0/s1. The molecule has 7 nitrogen and oxygen atoms in total. The van der Waals surface area contributed by atoms with Crippen molar-refractivity contribution in [3.05, 3.63) is 77.6 Å². The maximum Gasteiger partial charge on any atom is 0.254 e. The molecule has 3 heterocycles. The molecule has 1 aromatic heterocycles. The highest BCUT2D eigenvalue weighted by Gasteiger charge is 2.32. The van der Waals surface area contributed by atoms with Crippen LogP contribution in [0.15, 0.2) is 60.9 Å². The van der Waals surface area contributed by atoms with Crippen LogP contribution in [0.5, 0.6) is 23.0 Å². The summed E-state index contributed by atoms with van der Waals surface area (Å²) in [5.41, 5.74) is 2.67. The molecule has 0 aliphatic carbocycles. The Kier molecular flexibility index (Phi) is 6.51. The number of benzene rings is 2. The molecule has 1 saturated heterocycles. The van der Waals surface area contributed by atoms with Crippen molar-refractivity contribution in [2.75, 3.05) is 26.4 Å². The van der Waals surface area contributed by atoms with Crippen LogP contribution in [-0.2, 0) is 6.61 Å². The Bertz CT molecular complexity index is 1150. The molecule has 1 fully saturated rings. The average Bonchev–Trinajstić information content (AvgIpc) is 3.38. The largest absolute Gasteiger partial charge is 0.490 e. The number of pyridine rings is 1. The smallest absolute Gasteiger partial charge is 0.254 e. The van der Waals surface area contributed by atoms with Crippen LogP contribution >= 0.6 is 0 Å². The SMILES string of the molecule is CCOc1cc(C(=O)N2CCC[C@H]2c2ccc3c(c2)OCCO3)ccc1OCc1ccncc1. The van der Waals surface area contributed by atoms with Crippen molar-refractivity contribution in [1.82, 2.24) is 9.88 Å². The van der Waals surface area contributed by atoms with Crippen molar-refractivity contribution in [3.8, 4) is 23.0 Å². The summed E-state index contributed by atoms with van der Waals surface area (Å²) in [6.07, 6.45) is 5.34. The van der Waals surface area contributed by atoms with E-state index in [-0.39, 0.29) is 11.9 Å². The van der Waals surface area contributed by atoms with E-state index in [9.17, 15) is 4.79 Å². The molecule has 3 aromatic rings. The molecule has 2 aromatic carbocycles. The monoisotopic (exact) mass is 460 g/mol. The molecule has 0 radical (unpaired) electrons. The number of fused-ring (bicyclic) bond motifs is 1. The minimum Gasteiger partial charge on any atom is -0.490 e. The second-order valence-electron chi connectivity index (χ2n) is 8.30. The van der Waals surface area contributed by atoms with E-state index in [0.717, 1.165) is 35.5 Å². The van der Waals surface area contributed by atoms with Crippen LogP contribution in [0.25, 0.3) is 0 Å². The summed E-state index contributed by atoms with van der Waals surface area (Å²) in [6, 6.07) is 15.2. The van der Waals surface area contributed by atoms with Gasteiger partial charge in [0.1, 0.15) is 19.8 Å². The minimum atomic E-state index is -0.0148. The third kappa shape index (κ3) is 4.64. The van der Waals surface area contributed by atoms with E-state index in [1.54, 1.807) is 18.5 Å². The van der Waals surface area contributed by atoms with Gasteiger partial charge in [0.25, 0.3) is 5.91 Å². The Hall–Kier alpha value is -3.74. The first-order valence-electron chi connectivity index (χ1n) is 11.7. The van der Waals surface area contributed by atoms with E-state index >= 15 is 0 Å². The summed E-state index contributed by atoms with van der Waals surface area (Å²) >= 11 is 0. The van der Waals surface area contributed by atoms with Crippen molar-refractivity contribution in [3.63, 3.8) is 0 Å². The predicted molar refractivity (Wildman–Crippen MR) is 127 cm³/mol. The van der Waals surface area contributed by atoms with Gasteiger partial charge in [0, 0.05) is 24.5 Å². The maximum absolute atomic E-state index is 13.5. The van der Waals surface area contributed by atoms with Crippen molar-refractivity contribution < 1.29 is 23.7 Å². The van der Waals surface area contributed by atoms with Crippen molar-refractivity contribution in [2.24, 2.45) is 0 Å². The van der Waals surface area contributed by atoms with E-state index < -0.39 is 0 Å². The lowest BCUT2D eigenvalue weighted by molar-refractivity contribution is 0.0734. The van der Waals surface area contributed by atoms with Crippen molar-refractivity contribution in [2.45, 2.75) is 32.4 Å². The van der Waals surface area contributed by atoms with Gasteiger partial charge in [0.2, 0.25) is 0 Å². The zero-order valence-electron chi connectivity index (χ0n) is 19.2. The lowest BCUT2D eigenvalue weighted by atomic mass is 10.0. The Morgan fingerprint density at radius 3 is 2.65 bits per heavy atom. The van der Waals surface area contributed by atoms with Crippen LogP contribution in [-0.4, -0.2) is 42.2 Å². The lowest BCUT2D eigenvalue weighted by Crippen LogP contribution is -2.30. The van der Waals surface area contributed by atoms with Gasteiger partial charge in [0.15, 0.2) is 23.0 Å².